The van der Waals surface area contributed by atoms with Crippen molar-refractivity contribution in [3.8, 4) is 0 Å². The van der Waals surface area contributed by atoms with Gasteiger partial charge in [-0.2, -0.15) is 0 Å². The normalized spacial score (nSPS) is 18.3. The molecule has 3 amide bonds. The maximum Gasteiger partial charge on any atom is 0.322 e. The van der Waals surface area contributed by atoms with E-state index in [2.05, 4.69) is 16.0 Å². The molecule has 2 aliphatic heterocycles. The van der Waals surface area contributed by atoms with E-state index in [9.17, 15) is 9.59 Å². The highest BCUT2D eigenvalue weighted by Gasteiger charge is 2.24. The Bertz CT molecular complexity index is 569. The average molecular weight is 288 g/mol. The maximum absolute atomic E-state index is 12.3. The molecule has 6 nitrogen and oxygen atoms in total. The van der Waals surface area contributed by atoms with E-state index in [1.54, 1.807) is 11.0 Å². The predicted molar refractivity (Wildman–Crippen MR) is 80.6 cm³/mol. The van der Waals surface area contributed by atoms with Crippen LogP contribution in [0.3, 0.4) is 0 Å². The number of hydrogen-bond acceptors (Lipinski definition) is 3. The van der Waals surface area contributed by atoms with Gasteiger partial charge >= 0.3 is 6.03 Å². The van der Waals surface area contributed by atoms with Gasteiger partial charge in [0, 0.05) is 49.9 Å². The second-order valence-corrected chi connectivity index (χ2v) is 5.57. The van der Waals surface area contributed by atoms with Crippen LogP contribution in [0.2, 0.25) is 0 Å². The number of nitrogens with zero attached hydrogens (tertiary/aromatic N) is 1. The number of nitrogens with one attached hydrogen (secondary N) is 3. The summed E-state index contributed by atoms with van der Waals surface area (Å²) in [6.45, 7) is 5.79. The molecule has 21 heavy (non-hydrogen) atoms. The Hall–Kier alpha value is -2.08. The van der Waals surface area contributed by atoms with Gasteiger partial charge < -0.3 is 16.0 Å². The number of rotatable bonds is 4. The second kappa shape index (κ2) is 5.73. The highest BCUT2D eigenvalue weighted by Crippen LogP contribution is 2.24. The minimum absolute atomic E-state index is 0.0687. The number of hydrogen-bond donors (Lipinski definition) is 3. The Labute approximate surface area is 123 Å². The third-order valence-electron chi connectivity index (χ3n) is 4.11. The highest BCUT2D eigenvalue weighted by molar-refractivity contribution is 6.00. The van der Waals surface area contributed by atoms with Crippen molar-refractivity contribution >= 4 is 17.6 Å². The lowest BCUT2D eigenvalue weighted by Crippen LogP contribution is -2.48. The van der Waals surface area contributed by atoms with Crippen LogP contribution in [0.5, 0.6) is 0 Å². The first kappa shape index (κ1) is 13.9. The van der Waals surface area contributed by atoms with Gasteiger partial charge in [-0.15, -0.1) is 0 Å². The van der Waals surface area contributed by atoms with Gasteiger partial charge in [-0.25, -0.2) is 4.79 Å². The fourth-order valence-electron chi connectivity index (χ4n) is 2.69. The van der Waals surface area contributed by atoms with Gasteiger partial charge in [0.15, 0.2) is 0 Å². The number of amides is 3. The number of urea groups is 1. The number of carbonyl (C=O) groups is 2. The smallest absolute Gasteiger partial charge is 0.322 e. The molecule has 0 unspecified atom stereocenters. The van der Waals surface area contributed by atoms with Crippen molar-refractivity contribution in [2.75, 3.05) is 37.6 Å². The molecule has 0 aromatic heterocycles. The molecule has 0 saturated carbocycles. The largest absolute Gasteiger partial charge is 0.352 e. The van der Waals surface area contributed by atoms with Crippen molar-refractivity contribution < 1.29 is 9.59 Å². The minimum Gasteiger partial charge on any atom is -0.352 e. The fourth-order valence-corrected chi connectivity index (χ4v) is 2.69. The fraction of sp³-hybridized carbons (Fsp3) is 0.467. The first-order valence-corrected chi connectivity index (χ1v) is 7.30. The monoisotopic (exact) mass is 288 g/mol. The van der Waals surface area contributed by atoms with Gasteiger partial charge in [0.05, 0.1) is 0 Å². The van der Waals surface area contributed by atoms with Crippen LogP contribution in [0.1, 0.15) is 15.9 Å². The van der Waals surface area contributed by atoms with Crippen molar-refractivity contribution in [1.82, 2.24) is 16.0 Å². The summed E-state index contributed by atoms with van der Waals surface area (Å²) in [7, 11) is 0. The molecule has 6 heteroatoms. The lowest BCUT2D eigenvalue weighted by Gasteiger charge is -2.27. The Morgan fingerprint density at radius 2 is 2.24 bits per heavy atom. The van der Waals surface area contributed by atoms with Gasteiger partial charge in [-0.05, 0) is 24.6 Å². The summed E-state index contributed by atoms with van der Waals surface area (Å²) in [4.78, 5) is 25.8. The SMILES string of the molecule is Cc1c(C(=O)NCC2CNC2)cccc1N1CCNC1=O. The van der Waals surface area contributed by atoms with E-state index in [1.165, 1.54) is 0 Å². The van der Waals surface area contributed by atoms with Gasteiger partial charge in [-0.3, -0.25) is 9.69 Å². The zero-order chi connectivity index (χ0) is 14.8. The second-order valence-electron chi connectivity index (χ2n) is 5.57. The molecule has 2 saturated heterocycles. The summed E-state index contributed by atoms with van der Waals surface area (Å²) >= 11 is 0. The Morgan fingerprint density at radius 1 is 1.43 bits per heavy atom. The van der Waals surface area contributed by atoms with Crippen LogP contribution in [0.4, 0.5) is 10.5 Å². The van der Waals surface area contributed by atoms with Gasteiger partial charge in [-0.1, -0.05) is 6.07 Å². The molecular weight excluding hydrogens is 268 g/mol. The van der Waals surface area contributed by atoms with E-state index in [0.29, 0.717) is 31.1 Å². The highest BCUT2D eigenvalue weighted by atomic mass is 16.2. The summed E-state index contributed by atoms with van der Waals surface area (Å²) < 4.78 is 0. The molecule has 2 fully saturated rings. The third kappa shape index (κ3) is 2.71. The van der Waals surface area contributed by atoms with Crippen LogP contribution in [-0.2, 0) is 0 Å². The van der Waals surface area contributed by atoms with Crippen molar-refractivity contribution in [2.24, 2.45) is 5.92 Å². The van der Waals surface area contributed by atoms with E-state index >= 15 is 0 Å². The molecule has 0 aliphatic carbocycles. The van der Waals surface area contributed by atoms with Crippen molar-refractivity contribution in [2.45, 2.75) is 6.92 Å². The zero-order valence-electron chi connectivity index (χ0n) is 12.1. The minimum atomic E-state index is -0.101. The lowest BCUT2D eigenvalue weighted by atomic mass is 10.0. The summed E-state index contributed by atoms with van der Waals surface area (Å²) in [6.07, 6.45) is 0. The predicted octanol–water partition coefficient (Wildman–Crippen LogP) is 0.474. The van der Waals surface area contributed by atoms with Crippen LogP contribution in [0.25, 0.3) is 0 Å². The summed E-state index contributed by atoms with van der Waals surface area (Å²) in [5, 5.41) is 8.94. The van der Waals surface area contributed by atoms with Crippen molar-refractivity contribution in [1.29, 1.82) is 0 Å². The molecule has 0 bridgehead atoms. The molecule has 1 aromatic rings. The maximum atomic E-state index is 12.3. The van der Waals surface area contributed by atoms with Crippen molar-refractivity contribution in [3.05, 3.63) is 29.3 Å². The van der Waals surface area contributed by atoms with E-state index in [1.807, 2.05) is 19.1 Å². The van der Waals surface area contributed by atoms with Crippen LogP contribution in [0.15, 0.2) is 18.2 Å². The first-order chi connectivity index (χ1) is 10.2. The summed E-state index contributed by atoms with van der Waals surface area (Å²) in [5.74, 6) is 0.461. The van der Waals surface area contributed by atoms with Gasteiger partial charge in [0.2, 0.25) is 0 Å². The first-order valence-electron chi connectivity index (χ1n) is 7.30. The summed E-state index contributed by atoms with van der Waals surface area (Å²) in [5.41, 5.74) is 2.29. The van der Waals surface area contributed by atoms with Crippen LogP contribution in [0, 0.1) is 12.8 Å². The van der Waals surface area contributed by atoms with Crippen LogP contribution < -0.4 is 20.9 Å². The van der Waals surface area contributed by atoms with Crippen LogP contribution >= 0.6 is 0 Å². The number of carbonyl (C=O) groups excluding carboxylic acids is 2. The van der Waals surface area contributed by atoms with E-state index in [-0.39, 0.29) is 11.9 Å². The molecule has 2 aliphatic rings. The molecule has 3 N–H and O–H groups in total. The van der Waals surface area contributed by atoms with E-state index in [4.69, 9.17) is 0 Å². The van der Waals surface area contributed by atoms with Crippen molar-refractivity contribution in [3.63, 3.8) is 0 Å². The molecular formula is C15H20N4O2. The van der Waals surface area contributed by atoms with Gasteiger partial charge in [0.1, 0.15) is 0 Å². The average Bonchev–Trinajstić information content (AvgIpc) is 2.83. The number of anilines is 1. The standard InChI is InChI=1S/C15H20N4O2/c1-10-12(14(20)18-9-11-7-16-8-11)3-2-4-13(10)19-6-5-17-15(19)21/h2-4,11,16H,5-9H2,1H3,(H,17,21)(H,18,20). The Kier molecular flexibility index (Phi) is 3.79. The van der Waals surface area contributed by atoms with E-state index < -0.39 is 0 Å². The molecule has 3 rings (SSSR count). The quantitative estimate of drug-likeness (QED) is 0.754. The molecule has 2 heterocycles. The molecule has 0 radical (unpaired) electrons. The molecule has 112 valence electrons. The number of benzene rings is 1. The molecule has 0 spiro atoms. The van der Waals surface area contributed by atoms with Gasteiger partial charge in [0.25, 0.3) is 5.91 Å². The lowest BCUT2D eigenvalue weighted by molar-refractivity contribution is 0.0941. The zero-order valence-corrected chi connectivity index (χ0v) is 12.1. The third-order valence-corrected chi connectivity index (χ3v) is 4.11. The molecule has 1 aromatic carbocycles. The molecule has 0 atom stereocenters. The Balaban J connectivity index is 1.75. The Morgan fingerprint density at radius 3 is 2.86 bits per heavy atom. The topological polar surface area (TPSA) is 73.5 Å². The van der Waals surface area contributed by atoms with Crippen LogP contribution in [-0.4, -0.2) is 44.7 Å². The summed E-state index contributed by atoms with van der Waals surface area (Å²) in [6, 6.07) is 5.41. The van der Waals surface area contributed by atoms with E-state index in [0.717, 1.165) is 24.3 Å².